The number of amides is 1. The van der Waals surface area contributed by atoms with Gasteiger partial charge in [0.1, 0.15) is 5.88 Å². The topological polar surface area (TPSA) is 40.5 Å². The Morgan fingerprint density at radius 2 is 2.25 bits per heavy atom. The maximum Gasteiger partial charge on any atom is 0.237 e. The van der Waals surface area contributed by atoms with Gasteiger partial charge in [-0.3, -0.25) is 4.79 Å². The molecule has 0 saturated carbocycles. The zero-order valence-corrected chi connectivity index (χ0v) is 7.76. The first-order chi connectivity index (χ1) is 5.74. The van der Waals surface area contributed by atoms with Gasteiger partial charge in [0.2, 0.25) is 5.91 Å². The van der Waals surface area contributed by atoms with Gasteiger partial charge in [0.25, 0.3) is 0 Å². The first kappa shape index (κ1) is 9.81. The van der Waals surface area contributed by atoms with Crippen LogP contribution in [0, 0.1) is 0 Å². The summed E-state index contributed by atoms with van der Waals surface area (Å²) in [6, 6.07) is 0. The quantitative estimate of drug-likeness (QED) is 0.617. The molecule has 1 amide bonds. The average Bonchev–Trinajstić information content (AvgIpc) is 2.29. The van der Waals surface area contributed by atoms with Gasteiger partial charge in [-0.2, -0.15) is 0 Å². The van der Waals surface area contributed by atoms with Crippen LogP contribution >= 0.6 is 11.6 Å². The van der Waals surface area contributed by atoms with E-state index in [0.717, 1.165) is 19.4 Å². The second-order valence-electron chi connectivity index (χ2n) is 3.10. The molecule has 1 N–H and O–H groups in total. The van der Waals surface area contributed by atoms with Crippen molar-refractivity contribution in [1.29, 1.82) is 0 Å². The molecule has 0 aromatic carbocycles. The first-order valence-electron chi connectivity index (χ1n) is 4.26. The summed E-state index contributed by atoms with van der Waals surface area (Å²) in [5.41, 5.74) is 0. The molecule has 4 heteroatoms. The van der Waals surface area contributed by atoms with Gasteiger partial charge in [0, 0.05) is 13.1 Å². The largest absolute Gasteiger partial charge is 0.393 e. The van der Waals surface area contributed by atoms with Crippen LogP contribution in [0.3, 0.4) is 0 Å². The molecule has 1 fully saturated rings. The number of rotatable bonds is 1. The van der Waals surface area contributed by atoms with Crippen molar-refractivity contribution in [3.63, 3.8) is 0 Å². The highest BCUT2D eigenvalue weighted by Gasteiger charge is 2.17. The molecule has 0 bridgehead atoms. The van der Waals surface area contributed by atoms with Crippen LogP contribution in [0.5, 0.6) is 0 Å². The van der Waals surface area contributed by atoms with Crippen molar-refractivity contribution >= 4 is 17.5 Å². The third kappa shape index (κ3) is 2.64. The minimum Gasteiger partial charge on any atom is -0.393 e. The second-order valence-corrected chi connectivity index (χ2v) is 3.37. The molecule has 12 heavy (non-hydrogen) atoms. The molecular formula is C8H14ClNO2. The summed E-state index contributed by atoms with van der Waals surface area (Å²) in [4.78, 5) is 12.9. The lowest BCUT2D eigenvalue weighted by Gasteiger charge is -2.18. The van der Waals surface area contributed by atoms with Crippen molar-refractivity contribution < 1.29 is 9.90 Å². The van der Waals surface area contributed by atoms with Crippen molar-refractivity contribution in [3.05, 3.63) is 0 Å². The van der Waals surface area contributed by atoms with Gasteiger partial charge in [0.15, 0.2) is 0 Å². The summed E-state index contributed by atoms with van der Waals surface area (Å²) in [5.74, 6) is 0.0292. The van der Waals surface area contributed by atoms with Gasteiger partial charge in [-0.05, 0) is 19.3 Å². The van der Waals surface area contributed by atoms with E-state index in [0.29, 0.717) is 13.0 Å². The summed E-state index contributed by atoms with van der Waals surface area (Å²) >= 11 is 5.42. The fraction of sp³-hybridized carbons (Fsp3) is 0.875. The molecule has 1 saturated heterocycles. The van der Waals surface area contributed by atoms with Gasteiger partial charge in [-0.1, -0.05) is 0 Å². The van der Waals surface area contributed by atoms with Crippen LogP contribution in [0.2, 0.25) is 0 Å². The molecule has 1 rings (SSSR count). The minimum atomic E-state index is -0.238. The highest BCUT2D eigenvalue weighted by atomic mass is 35.5. The number of carbonyl (C=O) groups is 1. The third-order valence-electron chi connectivity index (χ3n) is 2.16. The van der Waals surface area contributed by atoms with Crippen LogP contribution in [0.1, 0.15) is 19.3 Å². The van der Waals surface area contributed by atoms with E-state index >= 15 is 0 Å². The van der Waals surface area contributed by atoms with E-state index in [4.69, 9.17) is 11.6 Å². The average molecular weight is 192 g/mol. The zero-order valence-electron chi connectivity index (χ0n) is 7.00. The maximum atomic E-state index is 11.1. The monoisotopic (exact) mass is 191 g/mol. The van der Waals surface area contributed by atoms with E-state index in [1.54, 1.807) is 4.90 Å². The molecule has 0 spiro atoms. The maximum absolute atomic E-state index is 11.1. The molecule has 0 aromatic heterocycles. The Morgan fingerprint density at radius 3 is 2.92 bits per heavy atom. The first-order valence-corrected chi connectivity index (χ1v) is 4.79. The van der Waals surface area contributed by atoms with Crippen LogP contribution in [-0.4, -0.2) is 41.0 Å². The lowest BCUT2D eigenvalue weighted by molar-refractivity contribution is -0.128. The predicted octanol–water partition coefficient (Wildman–Crippen LogP) is 0.599. The third-order valence-corrected chi connectivity index (χ3v) is 2.39. The van der Waals surface area contributed by atoms with Gasteiger partial charge in [0.05, 0.1) is 6.10 Å². The standard InChI is InChI=1S/C8H14ClNO2/c9-6-8(12)10-4-1-2-7(11)3-5-10/h7,11H,1-6H2. The minimum absolute atomic E-state index is 0.0224. The molecule has 1 aliphatic rings. The highest BCUT2D eigenvalue weighted by molar-refractivity contribution is 6.27. The Morgan fingerprint density at radius 1 is 1.50 bits per heavy atom. The van der Waals surface area contributed by atoms with Crippen molar-refractivity contribution in [3.8, 4) is 0 Å². The molecule has 0 aliphatic carbocycles. The number of carbonyl (C=O) groups excluding carboxylic acids is 1. The van der Waals surface area contributed by atoms with Gasteiger partial charge < -0.3 is 10.0 Å². The number of aliphatic hydroxyl groups is 1. The van der Waals surface area contributed by atoms with Crippen molar-refractivity contribution in [2.45, 2.75) is 25.4 Å². The molecule has 3 nitrogen and oxygen atoms in total. The molecule has 1 aliphatic heterocycles. The predicted molar refractivity (Wildman–Crippen MR) is 47.2 cm³/mol. The van der Waals surface area contributed by atoms with Gasteiger partial charge >= 0.3 is 0 Å². The number of hydrogen-bond acceptors (Lipinski definition) is 2. The second kappa shape index (κ2) is 4.67. The zero-order chi connectivity index (χ0) is 8.97. The molecule has 70 valence electrons. The summed E-state index contributed by atoms with van der Waals surface area (Å²) in [6.45, 7) is 1.38. The summed E-state index contributed by atoms with van der Waals surface area (Å²) in [5, 5.41) is 9.29. The lowest BCUT2D eigenvalue weighted by atomic mass is 10.2. The van der Waals surface area contributed by atoms with Gasteiger partial charge in [-0.15, -0.1) is 11.6 Å². The van der Waals surface area contributed by atoms with E-state index in [1.165, 1.54) is 0 Å². The number of hydrogen-bond donors (Lipinski definition) is 1. The molecule has 0 radical (unpaired) electrons. The Hall–Kier alpha value is -0.280. The van der Waals surface area contributed by atoms with E-state index in [1.807, 2.05) is 0 Å². The molecule has 1 atom stereocenters. The van der Waals surface area contributed by atoms with Crippen LogP contribution in [0.25, 0.3) is 0 Å². The SMILES string of the molecule is O=C(CCl)N1CCCC(O)CC1. The Kier molecular flexibility index (Phi) is 3.82. The lowest BCUT2D eigenvalue weighted by Crippen LogP contribution is -2.33. The van der Waals surface area contributed by atoms with Crippen molar-refractivity contribution in [1.82, 2.24) is 4.90 Å². The fourth-order valence-corrected chi connectivity index (χ4v) is 1.58. The van der Waals surface area contributed by atoms with E-state index in [9.17, 15) is 9.90 Å². The molecule has 0 aromatic rings. The molecule has 1 heterocycles. The number of alkyl halides is 1. The smallest absolute Gasteiger partial charge is 0.237 e. The summed E-state index contributed by atoms with van der Waals surface area (Å²) in [7, 11) is 0. The molecular weight excluding hydrogens is 178 g/mol. The number of aliphatic hydroxyl groups excluding tert-OH is 1. The number of halogens is 1. The molecule has 1 unspecified atom stereocenters. The van der Waals surface area contributed by atoms with Crippen LogP contribution in [-0.2, 0) is 4.79 Å². The Bertz CT molecular complexity index is 163. The van der Waals surface area contributed by atoms with Crippen molar-refractivity contribution in [2.75, 3.05) is 19.0 Å². The van der Waals surface area contributed by atoms with E-state index in [-0.39, 0.29) is 17.9 Å². The van der Waals surface area contributed by atoms with Crippen LogP contribution in [0.4, 0.5) is 0 Å². The van der Waals surface area contributed by atoms with Gasteiger partial charge in [-0.25, -0.2) is 0 Å². The van der Waals surface area contributed by atoms with Crippen molar-refractivity contribution in [2.24, 2.45) is 0 Å². The summed E-state index contributed by atoms with van der Waals surface area (Å²) < 4.78 is 0. The van der Waals surface area contributed by atoms with Crippen LogP contribution in [0.15, 0.2) is 0 Å². The van der Waals surface area contributed by atoms with Crippen LogP contribution < -0.4 is 0 Å². The number of nitrogens with zero attached hydrogens (tertiary/aromatic N) is 1. The fourth-order valence-electron chi connectivity index (χ4n) is 1.41. The number of likely N-dealkylation sites (tertiary alicyclic amines) is 1. The highest BCUT2D eigenvalue weighted by Crippen LogP contribution is 2.10. The Labute approximate surface area is 77.3 Å². The Balaban J connectivity index is 2.40. The summed E-state index contributed by atoms with van der Waals surface area (Å²) in [6.07, 6.45) is 2.12. The normalized spacial score (nSPS) is 25.2. The van der Waals surface area contributed by atoms with E-state index in [2.05, 4.69) is 0 Å². The van der Waals surface area contributed by atoms with E-state index < -0.39 is 0 Å².